The molecule has 1 heteroatoms. The first-order valence-electron chi connectivity index (χ1n) is 5.21. The van der Waals surface area contributed by atoms with Crippen LogP contribution >= 0.6 is 0 Å². The third-order valence-electron chi connectivity index (χ3n) is 3.12. The van der Waals surface area contributed by atoms with E-state index in [0.29, 0.717) is 6.04 Å². The molecule has 1 N–H and O–H groups in total. The fourth-order valence-electron chi connectivity index (χ4n) is 2.20. The van der Waals surface area contributed by atoms with Gasteiger partial charge in [0.15, 0.2) is 0 Å². The van der Waals surface area contributed by atoms with E-state index in [9.17, 15) is 0 Å². The Morgan fingerprint density at radius 3 is 2.71 bits per heavy atom. The molecule has 3 unspecified atom stereocenters. The number of benzene rings is 1. The van der Waals surface area contributed by atoms with Gasteiger partial charge in [0, 0.05) is 6.04 Å². The van der Waals surface area contributed by atoms with Crippen LogP contribution in [0.5, 0.6) is 0 Å². The summed E-state index contributed by atoms with van der Waals surface area (Å²) in [5, 5.41) is 3.30. The molecule has 3 atom stereocenters. The van der Waals surface area contributed by atoms with Crippen LogP contribution < -0.4 is 5.32 Å². The molecule has 1 fully saturated rings. The molecule has 0 radical (unpaired) electrons. The zero-order valence-corrected chi connectivity index (χ0v) is 8.61. The summed E-state index contributed by atoms with van der Waals surface area (Å²) >= 11 is 0. The fourth-order valence-corrected chi connectivity index (χ4v) is 2.20. The molecule has 1 aromatic carbocycles. The predicted molar refractivity (Wildman–Crippen MR) is 60.3 cm³/mol. The number of hydrogen-bond acceptors (Lipinski definition) is 1. The summed E-state index contributed by atoms with van der Waals surface area (Å²) < 4.78 is 0. The van der Waals surface area contributed by atoms with Gasteiger partial charge in [0.1, 0.15) is 0 Å². The lowest BCUT2D eigenvalue weighted by Crippen LogP contribution is -2.25. The van der Waals surface area contributed by atoms with Gasteiger partial charge in [-0.1, -0.05) is 36.4 Å². The second-order valence-electron chi connectivity index (χ2n) is 3.97. The Hall–Kier alpha value is -1.08. The van der Waals surface area contributed by atoms with Crippen LogP contribution in [0, 0.1) is 5.92 Å². The van der Waals surface area contributed by atoms with Crippen molar-refractivity contribution in [3.05, 3.63) is 48.6 Å². The van der Waals surface area contributed by atoms with E-state index in [2.05, 4.69) is 42.2 Å². The third kappa shape index (κ3) is 1.73. The summed E-state index contributed by atoms with van der Waals surface area (Å²) in [6.45, 7) is 3.86. The molecule has 0 spiro atoms. The summed E-state index contributed by atoms with van der Waals surface area (Å²) in [5.41, 5.74) is 1.47. The highest BCUT2D eigenvalue weighted by molar-refractivity contribution is 5.27. The molecular formula is C13H17N. The number of nitrogens with one attached hydrogen (secondary N) is 1. The summed E-state index contributed by atoms with van der Waals surface area (Å²) in [4.78, 5) is 0. The second kappa shape index (κ2) is 3.97. The SMILES string of the molecule is C=CC(NC)C1CC1c1ccccc1. The van der Waals surface area contributed by atoms with E-state index in [1.165, 1.54) is 12.0 Å². The van der Waals surface area contributed by atoms with Crippen LogP contribution in [0.15, 0.2) is 43.0 Å². The second-order valence-corrected chi connectivity index (χ2v) is 3.97. The first-order valence-corrected chi connectivity index (χ1v) is 5.21. The van der Waals surface area contributed by atoms with E-state index >= 15 is 0 Å². The van der Waals surface area contributed by atoms with E-state index in [1.807, 2.05) is 13.1 Å². The van der Waals surface area contributed by atoms with Crippen LogP contribution in [-0.4, -0.2) is 13.1 Å². The van der Waals surface area contributed by atoms with Gasteiger partial charge in [0.2, 0.25) is 0 Å². The molecule has 14 heavy (non-hydrogen) atoms. The smallest absolute Gasteiger partial charge is 0.0279 e. The summed E-state index contributed by atoms with van der Waals surface area (Å²) in [6, 6.07) is 11.2. The topological polar surface area (TPSA) is 12.0 Å². The van der Waals surface area contributed by atoms with Gasteiger partial charge in [0.05, 0.1) is 0 Å². The maximum atomic E-state index is 3.86. The molecule has 0 aromatic heterocycles. The molecule has 74 valence electrons. The maximum absolute atomic E-state index is 3.86. The van der Waals surface area contributed by atoms with Crippen LogP contribution in [-0.2, 0) is 0 Å². The quantitative estimate of drug-likeness (QED) is 0.714. The molecule has 2 rings (SSSR count). The molecule has 1 aliphatic rings. The van der Waals surface area contributed by atoms with E-state index in [1.54, 1.807) is 0 Å². The Bertz CT molecular complexity index is 304. The van der Waals surface area contributed by atoms with E-state index in [-0.39, 0.29) is 0 Å². The molecule has 1 saturated carbocycles. The van der Waals surface area contributed by atoms with Crippen LogP contribution in [0.3, 0.4) is 0 Å². The zero-order valence-electron chi connectivity index (χ0n) is 8.61. The molecule has 0 amide bonds. The Kier molecular flexibility index (Phi) is 2.69. The van der Waals surface area contributed by atoms with E-state index in [4.69, 9.17) is 0 Å². The summed E-state index contributed by atoms with van der Waals surface area (Å²) in [6.07, 6.45) is 3.31. The van der Waals surface area contributed by atoms with Crippen molar-refractivity contribution in [2.75, 3.05) is 7.05 Å². The number of hydrogen-bond donors (Lipinski definition) is 1. The molecule has 1 aliphatic carbocycles. The molecule has 0 aliphatic heterocycles. The maximum Gasteiger partial charge on any atom is 0.0279 e. The fraction of sp³-hybridized carbons (Fsp3) is 0.385. The van der Waals surface area contributed by atoms with Crippen molar-refractivity contribution in [2.24, 2.45) is 5.92 Å². The zero-order chi connectivity index (χ0) is 9.97. The van der Waals surface area contributed by atoms with Crippen LogP contribution in [0.25, 0.3) is 0 Å². The van der Waals surface area contributed by atoms with Gasteiger partial charge in [-0.2, -0.15) is 0 Å². The van der Waals surface area contributed by atoms with Crippen molar-refractivity contribution >= 4 is 0 Å². The minimum atomic E-state index is 0.472. The largest absolute Gasteiger partial charge is 0.313 e. The molecule has 0 heterocycles. The van der Waals surface area contributed by atoms with Crippen molar-refractivity contribution < 1.29 is 0 Å². The predicted octanol–water partition coefficient (Wildman–Crippen LogP) is 2.56. The first-order chi connectivity index (χ1) is 6.86. The Morgan fingerprint density at radius 2 is 2.14 bits per heavy atom. The van der Waals surface area contributed by atoms with Gasteiger partial charge in [-0.15, -0.1) is 6.58 Å². The van der Waals surface area contributed by atoms with Crippen molar-refractivity contribution in [2.45, 2.75) is 18.4 Å². The first kappa shape index (κ1) is 9.47. The standard InChI is InChI=1S/C13H17N/c1-3-13(14-2)12-9-11(12)10-7-5-4-6-8-10/h3-8,11-14H,1,9H2,2H3. The van der Waals surface area contributed by atoms with E-state index in [0.717, 1.165) is 11.8 Å². The van der Waals surface area contributed by atoms with Gasteiger partial charge < -0.3 is 5.32 Å². The molecule has 1 aromatic rings. The Labute approximate surface area is 85.8 Å². The number of rotatable bonds is 4. The van der Waals surface area contributed by atoms with Crippen molar-refractivity contribution in [1.29, 1.82) is 0 Å². The summed E-state index contributed by atoms with van der Waals surface area (Å²) in [7, 11) is 2.01. The minimum absolute atomic E-state index is 0.472. The van der Waals surface area contributed by atoms with Crippen molar-refractivity contribution in [3.63, 3.8) is 0 Å². The van der Waals surface area contributed by atoms with Crippen LogP contribution in [0.4, 0.5) is 0 Å². The lowest BCUT2D eigenvalue weighted by molar-refractivity contribution is 0.584. The van der Waals surface area contributed by atoms with Gasteiger partial charge in [-0.3, -0.25) is 0 Å². The number of likely N-dealkylation sites (N-methyl/N-ethyl adjacent to an activating group) is 1. The molecule has 1 nitrogen and oxygen atoms in total. The highest BCUT2D eigenvalue weighted by atomic mass is 14.9. The molecular weight excluding hydrogens is 170 g/mol. The van der Waals surface area contributed by atoms with Gasteiger partial charge in [0.25, 0.3) is 0 Å². The van der Waals surface area contributed by atoms with Crippen LogP contribution in [0.1, 0.15) is 17.9 Å². The third-order valence-corrected chi connectivity index (χ3v) is 3.12. The highest BCUT2D eigenvalue weighted by Crippen LogP contribution is 2.49. The highest BCUT2D eigenvalue weighted by Gasteiger charge is 2.41. The van der Waals surface area contributed by atoms with Crippen LogP contribution in [0.2, 0.25) is 0 Å². The van der Waals surface area contributed by atoms with Gasteiger partial charge in [-0.05, 0) is 30.9 Å². The van der Waals surface area contributed by atoms with Crippen molar-refractivity contribution in [1.82, 2.24) is 5.32 Å². The normalized spacial score (nSPS) is 26.9. The average Bonchev–Trinajstić information content (AvgIpc) is 3.01. The Balaban J connectivity index is 2.02. The van der Waals surface area contributed by atoms with E-state index < -0.39 is 0 Å². The van der Waals surface area contributed by atoms with Crippen molar-refractivity contribution in [3.8, 4) is 0 Å². The average molecular weight is 187 g/mol. The Morgan fingerprint density at radius 1 is 1.43 bits per heavy atom. The molecule has 0 saturated heterocycles. The monoisotopic (exact) mass is 187 g/mol. The lowest BCUT2D eigenvalue weighted by atomic mass is 10.1. The minimum Gasteiger partial charge on any atom is -0.313 e. The lowest BCUT2D eigenvalue weighted by Gasteiger charge is -2.10. The summed E-state index contributed by atoms with van der Waals surface area (Å²) in [5.74, 6) is 1.49. The van der Waals surface area contributed by atoms with Gasteiger partial charge >= 0.3 is 0 Å². The van der Waals surface area contributed by atoms with Gasteiger partial charge in [-0.25, -0.2) is 0 Å². The molecule has 0 bridgehead atoms.